The SMILES string of the molecule is Nc1c(-c2ccccc2)cnn1-c1nc2ccccc2[nH]1. The maximum atomic E-state index is 6.23. The van der Waals surface area contributed by atoms with Gasteiger partial charge in [-0.1, -0.05) is 42.5 Å². The Morgan fingerprint density at radius 1 is 0.952 bits per heavy atom. The van der Waals surface area contributed by atoms with E-state index in [1.165, 1.54) is 0 Å². The number of hydrogen-bond donors (Lipinski definition) is 2. The molecule has 5 nitrogen and oxygen atoms in total. The highest BCUT2D eigenvalue weighted by molar-refractivity contribution is 5.78. The number of H-pyrrole nitrogens is 1. The zero-order chi connectivity index (χ0) is 14.2. The van der Waals surface area contributed by atoms with Crippen LogP contribution in [0.2, 0.25) is 0 Å². The third-order valence-electron chi connectivity index (χ3n) is 3.47. The Balaban J connectivity index is 1.85. The van der Waals surface area contributed by atoms with Crippen LogP contribution in [0.1, 0.15) is 0 Å². The summed E-state index contributed by atoms with van der Waals surface area (Å²) in [5.74, 6) is 1.19. The Morgan fingerprint density at radius 2 is 1.71 bits per heavy atom. The molecule has 4 aromatic rings. The smallest absolute Gasteiger partial charge is 0.231 e. The van der Waals surface area contributed by atoms with Crippen molar-refractivity contribution in [2.75, 3.05) is 5.73 Å². The molecule has 0 amide bonds. The number of aromatic amines is 1. The molecule has 2 aromatic heterocycles. The van der Waals surface area contributed by atoms with Gasteiger partial charge in [-0.05, 0) is 17.7 Å². The van der Waals surface area contributed by atoms with E-state index < -0.39 is 0 Å². The molecule has 5 heteroatoms. The van der Waals surface area contributed by atoms with Crippen LogP contribution in [0.25, 0.3) is 28.1 Å². The molecule has 0 aliphatic rings. The lowest BCUT2D eigenvalue weighted by Crippen LogP contribution is -2.03. The van der Waals surface area contributed by atoms with Gasteiger partial charge in [0.15, 0.2) is 0 Å². The number of aromatic nitrogens is 4. The van der Waals surface area contributed by atoms with Crippen LogP contribution in [0.3, 0.4) is 0 Å². The molecule has 0 bridgehead atoms. The minimum atomic E-state index is 0.570. The second-order valence-corrected chi connectivity index (χ2v) is 4.80. The molecule has 4 rings (SSSR count). The van der Waals surface area contributed by atoms with Crippen molar-refractivity contribution in [3.8, 4) is 17.1 Å². The molecule has 0 atom stereocenters. The Labute approximate surface area is 121 Å². The molecule has 0 saturated heterocycles. The molecule has 0 spiro atoms. The molecule has 0 fully saturated rings. The first kappa shape index (κ1) is 11.7. The number of hydrogen-bond acceptors (Lipinski definition) is 3. The third-order valence-corrected chi connectivity index (χ3v) is 3.47. The maximum Gasteiger partial charge on any atom is 0.231 e. The summed E-state index contributed by atoms with van der Waals surface area (Å²) in [4.78, 5) is 7.74. The first-order chi connectivity index (χ1) is 10.3. The lowest BCUT2D eigenvalue weighted by Gasteiger charge is -2.01. The normalized spacial score (nSPS) is 11.0. The highest BCUT2D eigenvalue weighted by atomic mass is 15.4. The van der Waals surface area contributed by atoms with Crippen molar-refractivity contribution in [3.05, 3.63) is 60.8 Å². The van der Waals surface area contributed by atoms with Crippen LogP contribution < -0.4 is 5.73 Å². The number of anilines is 1. The lowest BCUT2D eigenvalue weighted by molar-refractivity contribution is 0.839. The molecule has 102 valence electrons. The van der Waals surface area contributed by atoms with Crippen molar-refractivity contribution in [2.24, 2.45) is 0 Å². The van der Waals surface area contributed by atoms with E-state index >= 15 is 0 Å². The number of nitrogens with one attached hydrogen (secondary N) is 1. The van der Waals surface area contributed by atoms with Gasteiger partial charge in [0.1, 0.15) is 5.82 Å². The number of rotatable bonds is 2. The van der Waals surface area contributed by atoms with Crippen LogP contribution in [0.4, 0.5) is 5.82 Å². The molecule has 2 heterocycles. The Bertz CT molecular complexity index is 872. The van der Waals surface area contributed by atoms with Gasteiger partial charge in [0.25, 0.3) is 0 Å². The van der Waals surface area contributed by atoms with E-state index in [4.69, 9.17) is 5.73 Å². The van der Waals surface area contributed by atoms with Crippen molar-refractivity contribution in [1.82, 2.24) is 19.7 Å². The topological polar surface area (TPSA) is 72.5 Å². The zero-order valence-corrected chi connectivity index (χ0v) is 11.2. The highest BCUT2D eigenvalue weighted by Gasteiger charge is 2.13. The van der Waals surface area contributed by atoms with Gasteiger partial charge >= 0.3 is 0 Å². The molecular formula is C16H13N5. The van der Waals surface area contributed by atoms with Gasteiger partial charge in [-0.3, -0.25) is 0 Å². The van der Waals surface area contributed by atoms with Gasteiger partial charge in [0.05, 0.1) is 17.2 Å². The Hall–Kier alpha value is -3.08. The summed E-state index contributed by atoms with van der Waals surface area (Å²) in [6, 6.07) is 17.8. The Kier molecular flexibility index (Phi) is 2.50. The third kappa shape index (κ3) is 1.87. The molecule has 3 N–H and O–H groups in total. The van der Waals surface area contributed by atoms with E-state index in [0.717, 1.165) is 22.2 Å². The fourth-order valence-electron chi connectivity index (χ4n) is 2.41. The minimum absolute atomic E-state index is 0.570. The number of nitrogens with two attached hydrogens (primary N) is 1. The lowest BCUT2D eigenvalue weighted by atomic mass is 10.1. The predicted molar refractivity (Wildman–Crippen MR) is 83.1 cm³/mol. The quantitative estimate of drug-likeness (QED) is 0.590. The van der Waals surface area contributed by atoms with Crippen molar-refractivity contribution < 1.29 is 0 Å². The van der Waals surface area contributed by atoms with Crippen LogP contribution in [0.5, 0.6) is 0 Å². The fourth-order valence-corrected chi connectivity index (χ4v) is 2.41. The summed E-state index contributed by atoms with van der Waals surface area (Å²) in [5, 5.41) is 4.36. The number of fused-ring (bicyclic) bond motifs is 1. The zero-order valence-electron chi connectivity index (χ0n) is 11.2. The summed E-state index contributed by atoms with van der Waals surface area (Å²) in [6.45, 7) is 0. The molecule has 0 aliphatic carbocycles. The van der Waals surface area contributed by atoms with E-state index in [9.17, 15) is 0 Å². The molecule has 0 unspecified atom stereocenters. The van der Waals surface area contributed by atoms with Crippen molar-refractivity contribution in [2.45, 2.75) is 0 Å². The fraction of sp³-hybridized carbons (Fsp3) is 0. The van der Waals surface area contributed by atoms with Gasteiger partial charge in [-0.15, -0.1) is 0 Å². The summed E-state index contributed by atoms with van der Waals surface area (Å²) < 4.78 is 1.63. The first-order valence-electron chi connectivity index (χ1n) is 6.67. The van der Waals surface area contributed by atoms with Crippen molar-refractivity contribution >= 4 is 16.9 Å². The van der Waals surface area contributed by atoms with E-state index in [1.807, 2.05) is 54.6 Å². The van der Waals surface area contributed by atoms with Gasteiger partial charge in [0, 0.05) is 5.56 Å². The summed E-state index contributed by atoms with van der Waals surface area (Å²) in [7, 11) is 0. The van der Waals surface area contributed by atoms with Crippen LogP contribution in [-0.4, -0.2) is 19.7 Å². The molecule has 21 heavy (non-hydrogen) atoms. The van der Waals surface area contributed by atoms with Gasteiger partial charge in [0.2, 0.25) is 5.95 Å². The highest BCUT2D eigenvalue weighted by Crippen LogP contribution is 2.27. The molecule has 0 radical (unpaired) electrons. The summed E-state index contributed by atoms with van der Waals surface area (Å²) in [5.41, 5.74) is 10.0. The van der Waals surface area contributed by atoms with Crippen LogP contribution in [0.15, 0.2) is 60.8 Å². The van der Waals surface area contributed by atoms with Gasteiger partial charge in [-0.2, -0.15) is 9.78 Å². The van der Waals surface area contributed by atoms with Crippen LogP contribution in [-0.2, 0) is 0 Å². The molecule has 0 aliphatic heterocycles. The Morgan fingerprint density at radius 3 is 2.52 bits per heavy atom. The molecular weight excluding hydrogens is 262 g/mol. The van der Waals surface area contributed by atoms with Crippen molar-refractivity contribution in [1.29, 1.82) is 0 Å². The number of imidazole rings is 1. The van der Waals surface area contributed by atoms with Crippen molar-refractivity contribution in [3.63, 3.8) is 0 Å². The summed E-state index contributed by atoms with van der Waals surface area (Å²) in [6.07, 6.45) is 1.76. The summed E-state index contributed by atoms with van der Waals surface area (Å²) >= 11 is 0. The number of nitrogens with zero attached hydrogens (tertiary/aromatic N) is 3. The minimum Gasteiger partial charge on any atom is -0.383 e. The molecule has 2 aromatic carbocycles. The average molecular weight is 275 g/mol. The monoisotopic (exact) mass is 275 g/mol. The predicted octanol–water partition coefficient (Wildman–Crippen LogP) is 3.00. The van der Waals surface area contributed by atoms with Crippen LogP contribution in [0, 0.1) is 0 Å². The van der Waals surface area contributed by atoms with Gasteiger partial charge in [-0.25, -0.2) is 4.98 Å². The number of nitrogen functional groups attached to an aromatic ring is 1. The maximum absolute atomic E-state index is 6.23. The second-order valence-electron chi connectivity index (χ2n) is 4.80. The number of benzene rings is 2. The largest absolute Gasteiger partial charge is 0.383 e. The van der Waals surface area contributed by atoms with E-state index in [0.29, 0.717) is 11.8 Å². The van der Waals surface area contributed by atoms with Crippen LogP contribution >= 0.6 is 0 Å². The second kappa shape index (κ2) is 4.49. The van der Waals surface area contributed by atoms with E-state index in [1.54, 1.807) is 10.9 Å². The average Bonchev–Trinajstić information content (AvgIpc) is 3.11. The van der Waals surface area contributed by atoms with Gasteiger partial charge < -0.3 is 10.7 Å². The number of para-hydroxylation sites is 2. The first-order valence-corrected chi connectivity index (χ1v) is 6.67. The van der Waals surface area contributed by atoms with E-state index in [2.05, 4.69) is 15.1 Å². The van der Waals surface area contributed by atoms with E-state index in [-0.39, 0.29) is 0 Å². The molecule has 0 saturated carbocycles. The standard InChI is InChI=1S/C16H13N5/c17-15-12(11-6-2-1-3-7-11)10-18-21(15)16-19-13-8-4-5-9-14(13)20-16/h1-10H,17H2,(H,19,20).